The molecule has 1 aromatic rings. The summed E-state index contributed by atoms with van der Waals surface area (Å²) in [6.07, 6.45) is -0.307. The molecule has 1 rings (SSSR count). The molecule has 0 aliphatic rings. The van der Waals surface area contributed by atoms with Crippen molar-refractivity contribution in [3.8, 4) is 0 Å². The third-order valence-electron chi connectivity index (χ3n) is 3.31. The highest BCUT2D eigenvalue weighted by Crippen LogP contribution is 2.35. The lowest BCUT2D eigenvalue weighted by Gasteiger charge is -2.06. The van der Waals surface area contributed by atoms with Crippen molar-refractivity contribution in [2.75, 3.05) is 6.54 Å². The van der Waals surface area contributed by atoms with Crippen LogP contribution in [0.5, 0.6) is 0 Å². The smallest absolute Gasteiger partial charge is 0.356 e. The highest BCUT2D eigenvalue weighted by Gasteiger charge is 2.38. The lowest BCUT2D eigenvalue weighted by molar-refractivity contribution is -0.141. The van der Waals surface area contributed by atoms with Crippen LogP contribution in [0, 0.1) is 6.92 Å². The van der Waals surface area contributed by atoms with Crippen LogP contribution in [0.2, 0.25) is 5.02 Å². The molecule has 22 heavy (non-hydrogen) atoms. The van der Waals surface area contributed by atoms with Crippen LogP contribution in [0.1, 0.15) is 50.4 Å². The molecule has 0 aromatic carbocycles. The predicted molar refractivity (Wildman–Crippen MR) is 78.7 cm³/mol. The first-order valence-electron chi connectivity index (χ1n) is 7.34. The van der Waals surface area contributed by atoms with Gasteiger partial charge in [0, 0.05) is 13.0 Å². The van der Waals surface area contributed by atoms with Gasteiger partial charge < -0.3 is 5.32 Å². The number of amides is 1. The summed E-state index contributed by atoms with van der Waals surface area (Å²) in [5.41, 5.74) is -0.892. The lowest BCUT2D eigenvalue weighted by atomic mass is 10.2. The van der Waals surface area contributed by atoms with E-state index in [9.17, 15) is 18.0 Å². The topological polar surface area (TPSA) is 46.9 Å². The number of halogens is 4. The van der Waals surface area contributed by atoms with Crippen LogP contribution < -0.4 is 5.32 Å². The third-order valence-corrected chi connectivity index (χ3v) is 3.76. The Kier molecular flexibility index (Phi) is 7.19. The number of nitrogens with zero attached hydrogens (tertiary/aromatic N) is 2. The van der Waals surface area contributed by atoms with Crippen molar-refractivity contribution < 1.29 is 18.0 Å². The maximum absolute atomic E-state index is 12.7. The summed E-state index contributed by atoms with van der Waals surface area (Å²) in [7, 11) is 0. The molecular formula is C14H21ClF3N3O. The zero-order valence-corrected chi connectivity index (χ0v) is 13.5. The Bertz CT molecular complexity index is 500. The van der Waals surface area contributed by atoms with Gasteiger partial charge >= 0.3 is 6.18 Å². The van der Waals surface area contributed by atoms with Crippen molar-refractivity contribution in [3.63, 3.8) is 0 Å². The SMILES string of the molecule is CCCCCCNC(=O)CCn1nc(C(F)(F)F)c(Cl)c1C. The Balaban J connectivity index is 2.46. The normalized spacial score (nSPS) is 11.7. The van der Waals surface area contributed by atoms with Gasteiger partial charge in [-0.05, 0) is 13.3 Å². The van der Waals surface area contributed by atoms with Crippen molar-refractivity contribution in [1.29, 1.82) is 0 Å². The number of hydrogen-bond donors (Lipinski definition) is 1. The molecule has 0 bridgehead atoms. The van der Waals surface area contributed by atoms with Crippen molar-refractivity contribution in [3.05, 3.63) is 16.4 Å². The Morgan fingerprint density at radius 1 is 1.32 bits per heavy atom. The zero-order valence-electron chi connectivity index (χ0n) is 12.8. The molecule has 1 aromatic heterocycles. The molecule has 0 unspecified atom stereocenters. The van der Waals surface area contributed by atoms with Gasteiger partial charge in [-0.15, -0.1) is 0 Å². The average molecular weight is 340 g/mol. The molecule has 1 amide bonds. The Morgan fingerprint density at radius 2 is 2.00 bits per heavy atom. The van der Waals surface area contributed by atoms with Gasteiger partial charge in [-0.25, -0.2) is 0 Å². The molecule has 1 N–H and O–H groups in total. The van der Waals surface area contributed by atoms with Crippen molar-refractivity contribution >= 4 is 17.5 Å². The van der Waals surface area contributed by atoms with Crippen molar-refractivity contribution in [2.45, 2.75) is 58.7 Å². The second-order valence-electron chi connectivity index (χ2n) is 5.13. The second kappa shape index (κ2) is 8.41. The molecule has 0 saturated carbocycles. The fourth-order valence-electron chi connectivity index (χ4n) is 2.00. The first-order valence-corrected chi connectivity index (χ1v) is 7.72. The Morgan fingerprint density at radius 3 is 2.55 bits per heavy atom. The summed E-state index contributed by atoms with van der Waals surface area (Å²) in [6, 6.07) is 0. The Labute approximate surface area is 133 Å². The summed E-state index contributed by atoms with van der Waals surface area (Å²) >= 11 is 5.64. The number of carbonyl (C=O) groups excluding carboxylic acids is 1. The molecule has 0 atom stereocenters. The molecule has 126 valence electrons. The van der Waals surface area contributed by atoms with Gasteiger partial charge in [-0.3, -0.25) is 9.48 Å². The molecule has 8 heteroatoms. The van der Waals surface area contributed by atoms with Crippen LogP contribution in [0.15, 0.2) is 0 Å². The van der Waals surface area contributed by atoms with E-state index in [1.807, 2.05) is 0 Å². The highest BCUT2D eigenvalue weighted by molar-refractivity contribution is 6.31. The molecule has 0 aliphatic carbocycles. The molecule has 0 saturated heterocycles. The molecule has 0 spiro atoms. The fourth-order valence-corrected chi connectivity index (χ4v) is 2.24. The van der Waals surface area contributed by atoms with Gasteiger partial charge in [0.1, 0.15) is 0 Å². The monoisotopic (exact) mass is 339 g/mol. The average Bonchev–Trinajstić information content (AvgIpc) is 2.72. The minimum absolute atomic E-state index is 0.0719. The fraction of sp³-hybridized carbons (Fsp3) is 0.714. The largest absolute Gasteiger partial charge is 0.436 e. The van der Waals surface area contributed by atoms with Crippen LogP contribution in [0.3, 0.4) is 0 Å². The van der Waals surface area contributed by atoms with E-state index in [0.29, 0.717) is 6.54 Å². The van der Waals surface area contributed by atoms with Gasteiger partial charge in [-0.1, -0.05) is 37.8 Å². The lowest BCUT2D eigenvalue weighted by Crippen LogP contribution is -2.25. The van der Waals surface area contributed by atoms with E-state index in [1.54, 1.807) is 0 Å². The standard InChI is InChI=1S/C14H21ClF3N3O/c1-3-4-5-6-8-19-11(22)7-9-21-10(2)12(15)13(20-21)14(16,17)18/h3-9H2,1-2H3,(H,19,22). The van der Waals surface area contributed by atoms with Crippen LogP contribution in [-0.4, -0.2) is 22.2 Å². The van der Waals surface area contributed by atoms with E-state index in [-0.39, 0.29) is 24.6 Å². The summed E-state index contributed by atoms with van der Waals surface area (Å²) in [4.78, 5) is 11.6. The van der Waals surface area contributed by atoms with E-state index in [1.165, 1.54) is 6.92 Å². The number of unbranched alkanes of at least 4 members (excludes halogenated alkanes) is 3. The number of alkyl halides is 3. The molecule has 4 nitrogen and oxygen atoms in total. The first kappa shape index (κ1) is 18.8. The summed E-state index contributed by atoms with van der Waals surface area (Å²) in [5, 5.41) is 5.79. The van der Waals surface area contributed by atoms with E-state index in [0.717, 1.165) is 30.4 Å². The van der Waals surface area contributed by atoms with Gasteiger partial charge in [-0.2, -0.15) is 18.3 Å². The summed E-state index contributed by atoms with van der Waals surface area (Å²) < 4.78 is 39.1. The van der Waals surface area contributed by atoms with E-state index >= 15 is 0 Å². The zero-order chi connectivity index (χ0) is 16.8. The van der Waals surface area contributed by atoms with Crippen molar-refractivity contribution in [2.24, 2.45) is 0 Å². The van der Waals surface area contributed by atoms with Gasteiger partial charge in [0.05, 0.1) is 17.3 Å². The number of rotatable bonds is 8. The van der Waals surface area contributed by atoms with Crippen LogP contribution >= 0.6 is 11.6 Å². The summed E-state index contributed by atoms with van der Waals surface area (Å²) in [6.45, 7) is 4.21. The highest BCUT2D eigenvalue weighted by atomic mass is 35.5. The maximum atomic E-state index is 12.7. The van der Waals surface area contributed by atoms with Crippen LogP contribution in [0.25, 0.3) is 0 Å². The van der Waals surface area contributed by atoms with E-state index in [4.69, 9.17) is 11.6 Å². The van der Waals surface area contributed by atoms with E-state index < -0.39 is 16.9 Å². The molecular weight excluding hydrogens is 319 g/mol. The minimum atomic E-state index is -4.59. The van der Waals surface area contributed by atoms with Gasteiger partial charge in [0.25, 0.3) is 0 Å². The summed E-state index contributed by atoms with van der Waals surface area (Å²) in [5.74, 6) is -0.198. The first-order chi connectivity index (χ1) is 10.3. The van der Waals surface area contributed by atoms with Crippen molar-refractivity contribution in [1.82, 2.24) is 15.1 Å². The van der Waals surface area contributed by atoms with Gasteiger partial charge in [0.2, 0.25) is 5.91 Å². The molecule has 0 fully saturated rings. The second-order valence-corrected chi connectivity index (χ2v) is 5.51. The molecule has 0 radical (unpaired) electrons. The predicted octanol–water partition coefficient (Wildman–Crippen LogP) is 3.95. The van der Waals surface area contributed by atoms with Crippen LogP contribution in [-0.2, 0) is 17.5 Å². The minimum Gasteiger partial charge on any atom is -0.356 e. The number of aromatic nitrogens is 2. The maximum Gasteiger partial charge on any atom is 0.436 e. The number of carbonyl (C=O) groups is 1. The molecule has 1 heterocycles. The van der Waals surface area contributed by atoms with E-state index in [2.05, 4.69) is 17.3 Å². The number of nitrogens with one attached hydrogen (secondary N) is 1. The number of aryl methyl sites for hydroxylation is 1. The molecule has 0 aliphatic heterocycles. The third kappa shape index (κ3) is 5.51. The quantitative estimate of drug-likeness (QED) is 0.729. The van der Waals surface area contributed by atoms with Gasteiger partial charge in [0.15, 0.2) is 5.69 Å². The number of hydrogen-bond acceptors (Lipinski definition) is 2. The Hall–Kier alpha value is -1.24. The van der Waals surface area contributed by atoms with Crippen LogP contribution in [0.4, 0.5) is 13.2 Å².